The van der Waals surface area contributed by atoms with Gasteiger partial charge in [0.1, 0.15) is 11.6 Å². The van der Waals surface area contributed by atoms with Crippen molar-refractivity contribution in [3.8, 4) is 5.75 Å². The van der Waals surface area contributed by atoms with Crippen LogP contribution in [0, 0.1) is 13.8 Å². The highest BCUT2D eigenvalue weighted by Crippen LogP contribution is 2.24. The zero-order valence-corrected chi connectivity index (χ0v) is 19.3. The van der Waals surface area contributed by atoms with Crippen LogP contribution in [0.5, 0.6) is 5.75 Å². The molecule has 0 saturated carbocycles. The Balaban J connectivity index is 2.01. The molecule has 0 aliphatic rings. The van der Waals surface area contributed by atoms with Crippen LogP contribution < -0.4 is 26.6 Å². The van der Waals surface area contributed by atoms with E-state index in [9.17, 15) is 14.4 Å². The number of aromatic amines is 1. The van der Waals surface area contributed by atoms with E-state index in [0.717, 1.165) is 23.1 Å². The number of aromatic nitrogens is 2. The highest BCUT2D eigenvalue weighted by Gasteiger charge is 2.25. The Hall–Kier alpha value is -3.81. The molecule has 0 atom stereocenters. The van der Waals surface area contributed by atoms with Gasteiger partial charge in [-0.25, -0.2) is 4.79 Å². The first-order chi connectivity index (χ1) is 15.8. The summed E-state index contributed by atoms with van der Waals surface area (Å²) in [5, 5.41) is 0. The molecule has 174 valence electrons. The maximum absolute atomic E-state index is 13.4. The number of H-pyrrole nitrogens is 1. The van der Waals surface area contributed by atoms with Crippen molar-refractivity contribution in [2.75, 3.05) is 17.2 Å². The molecule has 3 aromatic rings. The first kappa shape index (κ1) is 23.8. The number of aryl methyl sites for hydroxylation is 2. The summed E-state index contributed by atoms with van der Waals surface area (Å²) in [5.74, 6) is 0.147. The van der Waals surface area contributed by atoms with E-state index >= 15 is 0 Å². The van der Waals surface area contributed by atoms with Crippen molar-refractivity contribution in [3.05, 3.63) is 86.1 Å². The lowest BCUT2D eigenvalue weighted by Crippen LogP contribution is -2.42. The van der Waals surface area contributed by atoms with E-state index < -0.39 is 17.2 Å². The second-order valence-corrected chi connectivity index (χ2v) is 7.97. The minimum atomic E-state index is -0.707. The topological polar surface area (TPSA) is 110 Å². The number of unbranched alkanes of at least 4 members (excludes halogenated alkanes) is 1. The van der Waals surface area contributed by atoms with Gasteiger partial charge in [-0.1, -0.05) is 61.9 Å². The number of carbonyl (C=O) groups is 1. The number of hydrogen-bond acceptors (Lipinski definition) is 5. The number of nitrogens with two attached hydrogens (primary N) is 1. The molecule has 1 heterocycles. The van der Waals surface area contributed by atoms with Crippen LogP contribution >= 0.6 is 0 Å². The van der Waals surface area contributed by atoms with Crippen LogP contribution in [0.1, 0.15) is 36.5 Å². The van der Waals surface area contributed by atoms with Gasteiger partial charge in [0.2, 0.25) is 0 Å². The third kappa shape index (κ3) is 5.52. The minimum Gasteiger partial charge on any atom is -0.483 e. The lowest BCUT2D eigenvalue weighted by molar-refractivity contribution is -0.120. The molecule has 3 rings (SSSR count). The van der Waals surface area contributed by atoms with Crippen molar-refractivity contribution in [2.45, 2.75) is 46.7 Å². The minimum absolute atomic E-state index is 0.0337. The number of carbonyl (C=O) groups excluding carboxylic acids is 1. The van der Waals surface area contributed by atoms with Gasteiger partial charge in [-0.15, -0.1) is 0 Å². The third-order valence-electron chi connectivity index (χ3n) is 5.45. The second kappa shape index (κ2) is 10.7. The maximum atomic E-state index is 13.4. The van der Waals surface area contributed by atoms with Crippen molar-refractivity contribution in [2.24, 2.45) is 0 Å². The van der Waals surface area contributed by atoms with E-state index in [1.54, 1.807) is 0 Å². The first-order valence-corrected chi connectivity index (χ1v) is 11.0. The largest absolute Gasteiger partial charge is 0.483 e. The summed E-state index contributed by atoms with van der Waals surface area (Å²) in [5.41, 5.74) is 7.55. The Morgan fingerprint density at radius 3 is 2.36 bits per heavy atom. The Morgan fingerprint density at radius 1 is 1.06 bits per heavy atom. The molecule has 0 aliphatic carbocycles. The lowest BCUT2D eigenvalue weighted by atomic mass is 10.1. The van der Waals surface area contributed by atoms with Gasteiger partial charge in [-0.05, 0) is 37.0 Å². The number of rotatable bonds is 9. The fourth-order valence-corrected chi connectivity index (χ4v) is 3.67. The predicted molar refractivity (Wildman–Crippen MR) is 130 cm³/mol. The third-order valence-corrected chi connectivity index (χ3v) is 5.45. The van der Waals surface area contributed by atoms with Crippen molar-refractivity contribution in [3.63, 3.8) is 0 Å². The molecule has 1 amide bonds. The van der Waals surface area contributed by atoms with Crippen molar-refractivity contribution < 1.29 is 9.53 Å². The Labute approximate surface area is 192 Å². The molecular formula is C25H30N4O4. The second-order valence-electron chi connectivity index (χ2n) is 7.97. The van der Waals surface area contributed by atoms with Gasteiger partial charge in [0.05, 0.1) is 6.54 Å². The normalized spacial score (nSPS) is 10.8. The zero-order chi connectivity index (χ0) is 24.0. The van der Waals surface area contributed by atoms with E-state index in [1.165, 1.54) is 9.47 Å². The molecule has 0 spiro atoms. The van der Waals surface area contributed by atoms with Gasteiger partial charge in [0.25, 0.3) is 11.5 Å². The Kier molecular flexibility index (Phi) is 7.71. The van der Waals surface area contributed by atoms with E-state index in [2.05, 4.69) is 4.98 Å². The van der Waals surface area contributed by atoms with Crippen LogP contribution in [0.3, 0.4) is 0 Å². The number of amides is 1. The molecule has 0 bridgehead atoms. The van der Waals surface area contributed by atoms with E-state index in [0.29, 0.717) is 18.7 Å². The number of nitrogens with zero attached hydrogens (tertiary/aromatic N) is 2. The summed E-state index contributed by atoms with van der Waals surface area (Å²) in [4.78, 5) is 42.1. The van der Waals surface area contributed by atoms with Gasteiger partial charge in [-0.3, -0.25) is 24.0 Å². The number of ether oxygens (including phenoxy) is 1. The summed E-state index contributed by atoms with van der Waals surface area (Å²) >= 11 is 0. The van der Waals surface area contributed by atoms with Crippen LogP contribution in [-0.2, 0) is 17.9 Å². The molecule has 0 aliphatic heterocycles. The number of para-hydroxylation sites is 1. The van der Waals surface area contributed by atoms with Crippen LogP contribution in [0.4, 0.5) is 11.5 Å². The molecule has 0 radical (unpaired) electrons. The summed E-state index contributed by atoms with van der Waals surface area (Å²) in [7, 11) is 0. The summed E-state index contributed by atoms with van der Waals surface area (Å²) < 4.78 is 7.16. The fraction of sp³-hybridized carbons (Fsp3) is 0.320. The quantitative estimate of drug-likeness (QED) is 0.520. The monoisotopic (exact) mass is 450 g/mol. The number of anilines is 2. The van der Waals surface area contributed by atoms with Gasteiger partial charge >= 0.3 is 5.69 Å². The summed E-state index contributed by atoms with van der Waals surface area (Å²) in [6.07, 6.45) is 1.55. The first-order valence-electron chi connectivity index (χ1n) is 11.0. The SMILES string of the molecule is CCCCn1c(N)c(N(Cc2ccccc2)C(=O)COc2c(C)cccc2C)c(=O)[nH]c1=O. The van der Waals surface area contributed by atoms with Crippen LogP contribution in [0.15, 0.2) is 58.1 Å². The van der Waals surface area contributed by atoms with Crippen LogP contribution in [-0.4, -0.2) is 22.1 Å². The van der Waals surface area contributed by atoms with Gasteiger partial charge in [-0.2, -0.15) is 0 Å². The van der Waals surface area contributed by atoms with E-state index in [1.807, 2.05) is 69.3 Å². The average molecular weight is 451 g/mol. The molecule has 8 heteroatoms. The predicted octanol–water partition coefficient (Wildman–Crippen LogP) is 3.15. The Morgan fingerprint density at radius 2 is 1.73 bits per heavy atom. The van der Waals surface area contributed by atoms with Gasteiger partial charge in [0.15, 0.2) is 12.3 Å². The highest BCUT2D eigenvalue weighted by molar-refractivity contribution is 5.96. The molecule has 3 N–H and O–H groups in total. The fourth-order valence-electron chi connectivity index (χ4n) is 3.67. The Bertz CT molecular complexity index is 1210. The van der Waals surface area contributed by atoms with E-state index in [-0.39, 0.29) is 24.7 Å². The molecule has 0 fully saturated rings. The maximum Gasteiger partial charge on any atom is 0.330 e. The number of benzene rings is 2. The van der Waals surface area contributed by atoms with Crippen LogP contribution in [0.25, 0.3) is 0 Å². The van der Waals surface area contributed by atoms with Crippen molar-refractivity contribution >= 4 is 17.4 Å². The summed E-state index contributed by atoms with van der Waals surface area (Å²) in [6, 6.07) is 15.0. The van der Waals surface area contributed by atoms with E-state index in [4.69, 9.17) is 10.5 Å². The zero-order valence-electron chi connectivity index (χ0n) is 19.3. The molecule has 0 saturated heterocycles. The number of hydrogen-bond donors (Lipinski definition) is 2. The average Bonchev–Trinajstić information content (AvgIpc) is 2.78. The van der Waals surface area contributed by atoms with Gasteiger partial charge in [0, 0.05) is 6.54 Å². The van der Waals surface area contributed by atoms with Crippen LogP contribution in [0.2, 0.25) is 0 Å². The smallest absolute Gasteiger partial charge is 0.330 e. The number of nitrogens with one attached hydrogen (secondary N) is 1. The highest BCUT2D eigenvalue weighted by atomic mass is 16.5. The summed E-state index contributed by atoms with van der Waals surface area (Å²) in [6.45, 7) is 5.96. The lowest BCUT2D eigenvalue weighted by Gasteiger charge is -2.25. The van der Waals surface area contributed by atoms with Crippen molar-refractivity contribution in [1.29, 1.82) is 0 Å². The van der Waals surface area contributed by atoms with Gasteiger partial charge < -0.3 is 10.5 Å². The molecule has 33 heavy (non-hydrogen) atoms. The molecular weight excluding hydrogens is 420 g/mol. The number of nitrogen functional groups attached to an aromatic ring is 1. The molecule has 0 unspecified atom stereocenters. The molecule has 1 aromatic heterocycles. The molecule has 8 nitrogen and oxygen atoms in total. The molecule has 2 aromatic carbocycles. The van der Waals surface area contributed by atoms with Crippen molar-refractivity contribution in [1.82, 2.24) is 9.55 Å². The standard InChI is InChI=1S/C25H30N4O4/c1-4-5-14-28-23(26)21(24(31)27-25(28)32)29(15-19-12-7-6-8-13-19)20(30)16-33-22-17(2)10-9-11-18(22)3/h6-13H,4-5,14-16,26H2,1-3H3,(H,27,31,32).